The first kappa shape index (κ1) is 20.0. The molecule has 3 rings (SSSR count). The molecule has 3 amide bonds. The molecule has 0 spiro atoms. The van der Waals surface area contributed by atoms with E-state index in [0.29, 0.717) is 13.0 Å². The van der Waals surface area contributed by atoms with E-state index < -0.39 is 24.0 Å². The van der Waals surface area contributed by atoms with Crippen molar-refractivity contribution in [2.24, 2.45) is 0 Å². The Morgan fingerprint density at radius 2 is 2.07 bits per heavy atom. The van der Waals surface area contributed by atoms with Crippen molar-refractivity contribution in [1.29, 1.82) is 0 Å². The lowest BCUT2D eigenvalue weighted by Crippen LogP contribution is -2.48. The Balaban J connectivity index is 1.75. The Morgan fingerprint density at radius 3 is 2.71 bits per heavy atom. The molecule has 4 atom stereocenters. The van der Waals surface area contributed by atoms with E-state index in [1.54, 1.807) is 11.0 Å². The number of rotatable bonds is 6. The second-order valence-electron chi connectivity index (χ2n) is 7.25. The van der Waals surface area contributed by atoms with Gasteiger partial charge in [0.25, 0.3) is 5.91 Å². The van der Waals surface area contributed by atoms with Gasteiger partial charge >= 0.3 is 0 Å². The fraction of sp³-hybridized carbons (Fsp3) is 0.476. The van der Waals surface area contributed by atoms with Crippen LogP contribution in [0.25, 0.3) is 0 Å². The van der Waals surface area contributed by atoms with Gasteiger partial charge in [0.2, 0.25) is 11.8 Å². The highest BCUT2D eigenvalue weighted by Crippen LogP contribution is 2.33. The van der Waals surface area contributed by atoms with Crippen LogP contribution in [0.15, 0.2) is 42.5 Å². The number of alkyl halides is 1. The van der Waals surface area contributed by atoms with Crippen LogP contribution < -0.4 is 10.6 Å². The molecular formula is C21H26FN3O3. The van der Waals surface area contributed by atoms with E-state index in [4.69, 9.17) is 0 Å². The molecule has 2 heterocycles. The van der Waals surface area contributed by atoms with E-state index in [1.807, 2.05) is 43.3 Å². The van der Waals surface area contributed by atoms with Gasteiger partial charge in [0.1, 0.15) is 6.04 Å². The van der Waals surface area contributed by atoms with Crippen molar-refractivity contribution in [3.05, 3.63) is 48.0 Å². The molecule has 0 unspecified atom stereocenters. The summed E-state index contributed by atoms with van der Waals surface area (Å²) >= 11 is 0. The average molecular weight is 387 g/mol. The minimum absolute atomic E-state index is 0.0861. The van der Waals surface area contributed by atoms with Crippen molar-refractivity contribution < 1.29 is 18.8 Å². The van der Waals surface area contributed by atoms with Crippen molar-refractivity contribution in [2.45, 2.75) is 56.9 Å². The van der Waals surface area contributed by atoms with E-state index in [9.17, 15) is 18.8 Å². The number of hydrogen-bond donors (Lipinski definition) is 2. The number of unbranched alkanes of at least 4 members (excludes halogenated alkanes) is 1. The maximum atomic E-state index is 13.4. The van der Waals surface area contributed by atoms with Crippen LogP contribution in [0.2, 0.25) is 0 Å². The number of nitrogens with zero attached hydrogens (tertiary/aromatic N) is 1. The summed E-state index contributed by atoms with van der Waals surface area (Å²) in [6.45, 7) is 2.56. The van der Waals surface area contributed by atoms with E-state index in [1.165, 1.54) is 0 Å². The fourth-order valence-electron chi connectivity index (χ4n) is 3.79. The molecule has 2 N–H and O–H groups in total. The second-order valence-corrected chi connectivity index (χ2v) is 7.25. The van der Waals surface area contributed by atoms with Crippen molar-refractivity contribution in [2.75, 3.05) is 6.54 Å². The third-order valence-corrected chi connectivity index (χ3v) is 5.23. The number of nitrogens with one attached hydrogen (secondary N) is 2. The Bertz CT molecular complexity index is 753. The van der Waals surface area contributed by atoms with Gasteiger partial charge in [-0.05, 0) is 24.5 Å². The molecule has 1 aromatic rings. The molecule has 1 aromatic carbocycles. The van der Waals surface area contributed by atoms with E-state index in [-0.39, 0.29) is 24.4 Å². The zero-order valence-electron chi connectivity index (χ0n) is 15.9. The molecule has 28 heavy (non-hydrogen) atoms. The molecule has 0 saturated carbocycles. The van der Waals surface area contributed by atoms with Crippen molar-refractivity contribution in [3.63, 3.8) is 0 Å². The minimum Gasteiger partial charge on any atom is -0.349 e. The molecule has 2 fully saturated rings. The number of carbonyl (C=O) groups is 3. The average Bonchev–Trinajstić information content (AvgIpc) is 3.26. The smallest absolute Gasteiger partial charge is 0.255 e. The van der Waals surface area contributed by atoms with Crippen molar-refractivity contribution in [3.8, 4) is 0 Å². The molecular weight excluding hydrogens is 361 g/mol. The largest absolute Gasteiger partial charge is 0.349 e. The Hall–Kier alpha value is -2.70. The summed E-state index contributed by atoms with van der Waals surface area (Å²) in [5.74, 6) is -1.24. The maximum Gasteiger partial charge on any atom is 0.255 e. The SMILES string of the molecule is CCC/C=C/C(=O)N1CC[C@@H](NC(=O)[C@@H]2C[C@@H](F)C(=O)N2)[C@@H]1c1ccccc1. The molecule has 0 aromatic heterocycles. The van der Waals surface area contributed by atoms with Crippen molar-refractivity contribution in [1.82, 2.24) is 15.5 Å². The highest BCUT2D eigenvalue weighted by molar-refractivity contribution is 5.93. The highest BCUT2D eigenvalue weighted by atomic mass is 19.1. The molecule has 2 saturated heterocycles. The first-order chi connectivity index (χ1) is 13.5. The standard InChI is InChI=1S/C21H26FN3O3/c1-2-3-5-10-18(26)25-12-11-16(19(25)14-8-6-4-7-9-14)23-21(28)17-13-15(22)20(27)24-17/h4-10,15-17,19H,2-3,11-13H2,1H3,(H,23,28)(H,24,27)/b10-5+/t15-,16-,17+,19+/m1/s1. The molecule has 2 aliphatic heterocycles. The molecule has 0 radical (unpaired) electrons. The zero-order valence-corrected chi connectivity index (χ0v) is 15.9. The lowest BCUT2D eigenvalue weighted by Gasteiger charge is -2.29. The van der Waals surface area contributed by atoms with E-state index in [0.717, 1.165) is 18.4 Å². The van der Waals surface area contributed by atoms with Crippen LogP contribution in [0.3, 0.4) is 0 Å². The molecule has 150 valence electrons. The number of amides is 3. The number of halogens is 1. The number of hydrogen-bond acceptors (Lipinski definition) is 3. The second kappa shape index (κ2) is 8.99. The lowest BCUT2D eigenvalue weighted by molar-refractivity contribution is -0.129. The molecule has 2 aliphatic rings. The summed E-state index contributed by atoms with van der Waals surface area (Å²) in [6.07, 6.45) is 4.05. The summed E-state index contributed by atoms with van der Waals surface area (Å²) in [5.41, 5.74) is 0.932. The molecule has 0 aliphatic carbocycles. The quantitative estimate of drug-likeness (QED) is 0.733. The molecule has 6 nitrogen and oxygen atoms in total. The number of carbonyl (C=O) groups excluding carboxylic acids is 3. The van der Waals surface area contributed by atoms with Gasteiger partial charge in [0, 0.05) is 13.0 Å². The highest BCUT2D eigenvalue weighted by Gasteiger charge is 2.41. The van der Waals surface area contributed by atoms with Gasteiger partial charge in [-0.1, -0.05) is 49.8 Å². The summed E-state index contributed by atoms with van der Waals surface area (Å²) < 4.78 is 13.4. The maximum absolute atomic E-state index is 13.4. The van der Waals surface area contributed by atoms with Crippen LogP contribution in [-0.4, -0.2) is 47.4 Å². The van der Waals surface area contributed by atoms with Crippen molar-refractivity contribution >= 4 is 17.7 Å². The van der Waals surface area contributed by atoms with Gasteiger partial charge in [0.15, 0.2) is 6.17 Å². The number of benzene rings is 1. The first-order valence-corrected chi connectivity index (χ1v) is 9.78. The summed E-state index contributed by atoms with van der Waals surface area (Å²) in [5, 5.41) is 5.31. The van der Waals surface area contributed by atoms with Crippen LogP contribution >= 0.6 is 0 Å². The van der Waals surface area contributed by atoms with Gasteiger partial charge in [0.05, 0.1) is 12.1 Å². The monoisotopic (exact) mass is 387 g/mol. The van der Waals surface area contributed by atoms with Gasteiger partial charge in [-0.15, -0.1) is 0 Å². The van der Waals surface area contributed by atoms with Gasteiger partial charge < -0.3 is 15.5 Å². The van der Waals surface area contributed by atoms with E-state index >= 15 is 0 Å². The lowest BCUT2D eigenvalue weighted by atomic mass is 9.99. The minimum atomic E-state index is -1.65. The van der Waals surface area contributed by atoms with Gasteiger partial charge in [-0.2, -0.15) is 0 Å². The van der Waals surface area contributed by atoms with Crippen LogP contribution in [0.5, 0.6) is 0 Å². The van der Waals surface area contributed by atoms with Crippen LogP contribution in [-0.2, 0) is 14.4 Å². The van der Waals surface area contributed by atoms with Crippen LogP contribution in [0, 0.1) is 0 Å². The van der Waals surface area contributed by atoms with Gasteiger partial charge in [-0.3, -0.25) is 14.4 Å². The predicted octanol–water partition coefficient (Wildman–Crippen LogP) is 2.03. The Labute approximate surface area is 164 Å². The van der Waals surface area contributed by atoms with Crippen LogP contribution in [0.4, 0.5) is 4.39 Å². The zero-order chi connectivity index (χ0) is 20.1. The first-order valence-electron chi connectivity index (χ1n) is 9.78. The van der Waals surface area contributed by atoms with Gasteiger partial charge in [-0.25, -0.2) is 4.39 Å². The Kier molecular flexibility index (Phi) is 6.44. The molecule has 7 heteroatoms. The summed E-state index contributed by atoms with van der Waals surface area (Å²) in [6, 6.07) is 8.08. The number of likely N-dealkylation sites (tertiary alicyclic amines) is 1. The molecule has 0 bridgehead atoms. The normalized spacial score (nSPS) is 27.2. The summed E-state index contributed by atoms with van der Waals surface area (Å²) in [4.78, 5) is 38.4. The topological polar surface area (TPSA) is 78.5 Å². The predicted molar refractivity (Wildman–Crippen MR) is 103 cm³/mol. The van der Waals surface area contributed by atoms with E-state index in [2.05, 4.69) is 10.6 Å². The third-order valence-electron chi connectivity index (χ3n) is 5.23. The van der Waals surface area contributed by atoms with Crippen LogP contribution in [0.1, 0.15) is 44.2 Å². The summed E-state index contributed by atoms with van der Waals surface area (Å²) in [7, 11) is 0. The fourth-order valence-corrected chi connectivity index (χ4v) is 3.79. The Morgan fingerprint density at radius 1 is 1.32 bits per heavy atom. The third kappa shape index (κ3) is 4.40. The number of allylic oxidation sites excluding steroid dienone is 1.